The number of amides is 1. The van der Waals surface area contributed by atoms with Crippen LogP contribution >= 0.6 is 0 Å². The van der Waals surface area contributed by atoms with Gasteiger partial charge in [-0.2, -0.15) is 5.10 Å². The van der Waals surface area contributed by atoms with Crippen molar-refractivity contribution in [1.29, 1.82) is 0 Å². The van der Waals surface area contributed by atoms with Crippen LogP contribution in [0.1, 0.15) is 29.2 Å². The lowest BCUT2D eigenvalue weighted by Crippen LogP contribution is -2.29. The quantitative estimate of drug-likeness (QED) is 0.694. The summed E-state index contributed by atoms with van der Waals surface area (Å²) in [5.74, 6) is 0.392. The second-order valence-corrected chi connectivity index (χ2v) is 7.04. The molecule has 0 saturated carbocycles. The number of aromatic nitrogens is 4. The number of benzene rings is 1. The van der Waals surface area contributed by atoms with E-state index in [1.165, 1.54) is 5.56 Å². The van der Waals surface area contributed by atoms with Crippen LogP contribution in [-0.4, -0.2) is 45.3 Å². The molecule has 0 spiro atoms. The molecule has 3 heterocycles. The van der Waals surface area contributed by atoms with Gasteiger partial charge in [0, 0.05) is 31.4 Å². The zero-order valence-electron chi connectivity index (χ0n) is 15.5. The summed E-state index contributed by atoms with van der Waals surface area (Å²) >= 11 is 0. The number of nitrogens with one attached hydrogen (secondary N) is 2. The maximum absolute atomic E-state index is 12.2. The third-order valence-corrected chi connectivity index (χ3v) is 4.97. The number of rotatable bonds is 6. The highest BCUT2D eigenvalue weighted by molar-refractivity contribution is 5.78. The van der Waals surface area contributed by atoms with Gasteiger partial charge < -0.3 is 10.6 Å². The molecule has 1 atom stereocenters. The topological polar surface area (TPSA) is 84.7 Å². The zero-order chi connectivity index (χ0) is 18.6. The molecule has 27 heavy (non-hydrogen) atoms. The van der Waals surface area contributed by atoms with Crippen LogP contribution in [0.3, 0.4) is 0 Å². The average Bonchev–Trinajstić information content (AvgIpc) is 3.32. The van der Waals surface area contributed by atoms with Crippen LogP contribution in [0.15, 0.2) is 36.7 Å². The number of carbonyl (C=O) groups excluding carboxylic acids is 1. The van der Waals surface area contributed by atoms with Crippen LogP contribution in [-0.2, 0) is 17.8 Å². The summed E-state index contributed by atoms with van der Waals surface area (Å²) in [7, 11) is 0. The van der Waals surface area contributed by atoms with Crippen molar-refractivity contribution in [1.82, 2.24) is 30.4 Å². The Labute approximate surface area is 158 Å². The molecule has 1 unspecified atom stereocenters. The van der Waals surface area contributed by atoms with E-state index in [0.29, 0.717) is 25.4 Å². The highest BCUT2D eigenvalue weighted by atomic mass is 16.1. The Hall–Kier alpha value is -2.80. The van der Waals surface area contributed by atoms with Crippen molar-refractivity contribution in [2.75, 3.05) is 19.6 Å². The molecule has 7 heteroatoms. The highest BCUT2D eigenvalue weighted by Gasteiger charge is 2.24. The van der Waals surface area contributed by atoms with Crippen molar-refractivity contribution >= 4 is 17.1 Å². The number of nitrogens with zero attached hydrogens (tertiary/aromatic N) is 4. The Morgan fingerprint density at radius 1 is 1.26 bits per heavy atom. The average molecular weight is 364 g/mol. The Morgan fingerprint density at radius 2 is 2.07 bits per heavy atom. The maximum Gasteiger partial charge on any atom is 0.224 e. The maximum atomic E-state index is 12.2. The molecule has 1 aliphatic rings. The summed E-state index contributed by atoms with van der Waals surface area (Å²) in [6.45, 7) is 5.07. The normalized spacial score (nSPS) is 16.7. The van der Waals surface area contributed by atoms with E-state index in [4.69, 9.17) is 5.10 Å². The van der Waals surface area contributed by atoms with Gasteiger partial charge in [0.15, 0.2) is 5.65 Å². The number of aryl methyl sites for hydroxylation is 1. The Morgan fingerprint density at radius 3 is 2.85 bits per heavy atom. The second-order valence-electron chi connectivity index (χ2n) is 7.04. The van der Waals surface area contributed by atoms with E-state index >= 15 is 0 Å². The highest BCUT2D eigenvalue weighted by Crippen LogP contribution is 2.26. The molecule has 1 amide bonds. The van der Waals surface area contributed by atoms with E-state index in [9.17, 15) is 4.79 Å². The van der Waals surface area contributed by atoms with Gasteiger partial charge in [-0.3, -0.25) is 4.79 Å². The van der Waals surface area contributed by atoms with E-state index in [0.717, 1.165) is 41.9 Å². The fourth-order valence-corrected chi connectivity index (χ4v) is 3.50. The summed E-state index contributed by atoms with van der Waals surface area (Å²) in [6, 6.07) is 8.04. The summed E-state index contributed by atoms with van der Waals surface area (Å²) < 4.78 is 1.86. The number of carbonyl (C=O) groups is 1. The van der Waals surface area contributed by atoms with Crippen molar-refractivity contribution in [3.63, 3.8) is 0 Å². The molecular formula is C20H24N6O. The smallest absolute Gasteiger partial charge is 0.224 e. The SMILES string of the molecule is Cc1ccc(CC(=O)NCCn2nc(C3CCNC3)c3nccnc32)cc1. The third-order valence-electron chi connectivity index (χ3n) is 4.97. The predicted octanol–water partition coefficient (Wildman–Crippen LogP) is 1.57. The Balaban J connectivity index is 1.40. The Kier molecular flexibility index (Phi) is 5.11. The number of fused-ring (bicyclic) bond motifs is 1. The number of hydrogen-bond acceptors (Lipinski definition) is 5. The third kappa shape index (κ3) is 3.98. The minimum Gasteiger partial charge on any atom is -0.354 e. The van der Waals surface area contributed by atoms with E-state index in [1.54, 1.807) is 12.4 Å². The first-order valence-electron chi connectivity index (χ1n) is 9.41. The van der Waals surface area contributed by atoms with Gasteiger partial charge in [0.25, 0.3) is 0 Å². The van der Waals surface area contributed by atoms with Gasteiger partial charge in [-0.15, -0.1) is 0 Å². The predicted molar refractivity (Wildman–Crippen MR) is 103 cm³/mol. The summed E-state index contributed by atoms with van der Waals surface area (Å²) in [5.41, 5.74) is 4.88. The number of hydrogen-bond donors (Lipinski definition) is 2. The lowest BCUT2D eigenvalue weighted by molar-refractivity contribution is -0.120. The van der Waals surface area contributed by atoms with Gasteiger partial charge in [-0.25, -0.2) is 14.6 Å². The second kappa shape index (κ2) is 7.84. The van der Waals surface area contributed by atoms with Crippen LogP contribution in [0, 0.1) is 6.92 Å². The fourth-order valence-electron chi connectivity index (χ4n) is 3.50. The van der Waals surface area contributed by atoms with Gasteiger partial charge >= 0.3 is 0 Å². The van der Waals surface area contributed by atoms with Gasteiger partial charge in [0.2, 0.25) is 5.91 Å². The summed E-state index contributed by atoms with van der Waals surface area (Å²) in [6.07, 6.45) is 4.85. The van der Waals surface area contributed by atoms with E-state index < -0.39 is 0 Å². The van der Waals surface area contributed by atoms with Crippen LogP contribution in [0.2, 0.25) is 0 Å². The van der Waals surface area contributed by atoms with Crippen molar-refractivity contribution in [2.24, 2.45) is 0 Å². The zero-order valence-corrected chi connectivity index (χ0v) is 15.5. The molecule has 1 aromatic carbocycles. The summed E-state index contributed by atoms with van der Waals surface area (Å²) in [5, 5.41) is 11.1. The molecular weight excluding hydrogens is 340 g/mol. The monoisotopic (exact) mass is 364 g/mol. The van der Waals surface area contributed by atoms with Crippen molar-refractivity contribution in [2.45, 2.75) is 32.2 Å². The van der Waals surface area contributed by atoms with Gasteiger partial charge in [0.05, 0.1) is 18.7 Å². The standard InChI is InChI=1S/C20H24N6O/c1-14-2-4-15(5-3-14)12-17(27)22-10-11-26-20-19(23-8-9-24-20)18(25-26)16-6-7-21-13-16/h2-5,8-9,16,21H,6-7,10-13H2,1H3,(H,22,27). The summed E-state index contributed by atoms with van der Waals surface area (Å²) in [4.78, 5) is 21.1. The van der Waals surface area contributed by atoms with Crippen molar-refractivity contribution in [3.8, 4) is 0 Å². The molecule has 1 fully saturated rings. The molecule has 1 saturated heterocycles. The van der Waals surface area contributed by atoms with Crippen LogP contribution in [0.25, 0.3) is 11.2 Å². The Bertz CT molecular complexity index is 927. The molecule has 0 aliphatic carbocycles. The van der Waals surface area contributed by atoms with E-state index in [2.05, 4.69) is 20.6 Å². The lowest BCUT2D eigenvalue weighted by atomic mass is 10.0. The molecule has 2 aromatic heterocycles. The van der Waals surface area contributed by atoms with Gasteiger partial charge in [-0.1, -0.05) is 29.8 Å². The fraction of sp³-hybridized carbons (Fsp3) is 0.400. The molecule has 1 aliphatic heterocycles. The van der Waals surface area contributed by atoms with Crippen LogP contribution in [0.5, 0.6) is 0 Å². The lowest BCUT2D eigenvalue weighted by Gasteiger charge is -2.07. The first kappa shape index (κ1) is 17.6. The molecule has 4 rings (SSSR count). The first-order chi connectivity index (χ1) is 13.2. The van der Waals surface area contributed by atoms with Crippen LogP contribution < -0.4 is 10.6 Å². The minimum atomic E-state index is 0.0154. The first-order valence-corrected chi connectivity index (χ1v) is 9.41. The molecule has 2 N–H and O–H groups in total. The molecule has 0 radical (unpaired) electrons. The van der Waals surface area contributed by atoms with E-state index in [1.807, 2.05) is 35.9 Å². The molecule has 140 valence electrons. The van der Waals surface area contributed by atoms with Gasteiger partial charge in [-0.05, 0) is 25.5 Å². The van der Waals surface area contributed by atoms with E-state index in [-0.39, 0.29) is 5.91 Å². The molecule has 3 aromatic rings. The molecule has 7 nitrogen and oxygen atoms in total. The largest absolute Gasteiger partial charge is 0.354 e. The molecule has 0 bridgehead atoms. The minimum absolute atomic E-state index is 0.0154. The van der Waals surface area contributed by atoms with Crippen molar-refractivity contribution < 1.29 is 4.79 Å². The van der Waals surface area contributed by atoms with Gasteiger partial charge in [0.1, 0.15) is 5.52 Å². The van der Waals surface area contributed by atoms with Crippen LogP contribution in [0.4, 0.5) is 0 Å². The van der Waals surface area contributed by atoms with Crippen molar-refractivity contribution in [3.05, 3.63) is 53.5 Å².